The largest absolute Gasteiger partial charge is 0.393 e. The van der Waals surface area contributed by atoms with Gasteiger partial charge in [-0.05, 0) is 111 Å². The SMILES string of the molecule is OC1CCC(C2CCC3CC(c4cc(F)c(F)c(F)c4)CCC3C2)CC1. The molecule has 3 fully saturated rings. The lowest BCUT2D eigenvalue weighted by Gasteiger charge is -2.45. The molecule has 0 spiro atoms. The molecule has 0 heterocycles. The highest BCUT2D eigenvalue weighted by molar-refractivity contribution is 5.24. The van der Waals surface area contributed by atoms with Crippen LogP contribution >= 0.6 is 0 Å². The smallest absolute Gasteiger partial charge is 0.194 e. The van der Waals surface area contributed by atoms with E-state index in [4.69, 9.17) is 0 Å². The van der Waals surface area contributed by atoms with Crippen molar-refractivity contribution in [3.05, 3.63) is 35.1 Å². The Bertz CT molecular complexity index is 615. The first kappa shape index (κ1) is 18.3. The monoisotopic (exact) mass is 366 g/mol. The highest BCUT2D eigenvalue weighted by Gasteiger charge is 2.39. The lowest BCUT2D eigenvalue weighted by atomic mass is 9.60. The maximum atomic E-state index is 13.6. The first-order chi connectivity index (χ1) is 12.5. The summed E-state index contributed by atoms with van der Waals surface area (Å²) in [5, 5.41) is 9.73. The number of aliphatic hydroxyl groups is 1. The van der Waals surface area contributed by atoms with Gasteiger partial charge in [-0.15, -0.1) is 0 Å². The summed E-state index contributed by atoms with van der Waals surface area (Å²) >= 11 is 0. The topological polar surface area (TPSA) is 20.2 Å². The zero-order valence-electron chi connectivity index (χ0n) is 15.3. The third-order valence-corrected chi connectivity index (χ3v) is 7.54. The van der Waals surface area contributed by atoms with E-state index in [9.17, 15) is 18.3 Å². The van der Waals surface area contributed by atoms with Gasteiger partial charge in [0, 0.05) is 0 Å². The van der Waals surface area contributed by atoms with Crippen LogP contribution in [0.25, 0.3) is 0 Å². The van der Waals surface area contributed by atoms with E-state index in [-0.39, 0.29) is 12.0 Å². The first-order valence-corrected chi connectivity index (χ1v) is 10.3. The maximum absolute atomic E-state index is 13.6. The summed E-state index contributed by atoms with van der Waals surface area (Å²) in [5.74, 6) is -0.404. The van der Waals surface area contributed by atoms with E-state index >= 15 is 0 Å². The Hall–Kier alpha value is -1.03. The average molecular weight is 366 g/mol. The predicted molar refractivity (Wildman–Crippen MR) is 95.2 cm³/mol. The standard InChI is InChI=1S/C22H29F3O/c23-20-11-18(12-21(24)22(20)25)17-4-3-15-9-14(1-2-16(15)10-17)13-5-7-19(26)8-6-13/h11-17,19,26H,1-10H2. The molecule has 26 heavy (non-hydrogen) atoms. The number of hydrogen-bond donors (Lipinski definition) is 1. The van der Waals surface area contributed by atoms with E-state index in [0.29, 0.717) is 11.5 Å². The summed E-state index contributed by atoms with van der Waals surface area (Å²) in [6.07, 6.45) is 10.9. The zero-order chi connectivity index (χ0) is 18.3. The van der Waals surface area contributed by atoms with Crippen molar-refractivity contribution in [1.82, 2.24) is 0 Å². The van der Waals surface area contributed by atoms with Gasteiger partial charge >= 0.3 is 0 Å². The van der Waals surface area contributed by atoms with Crippen molar-refractivity contribution >= 4 is 0 Å². The van der Waals surface area contributed by atoms with Crippen LogP contribution in [-0.4, -0.2) is 11.2 Å². The number of fused-ring (bicyclic) bond motifs is 1. The quantitative estimate of drug-likeness (QED) is 0.641. The van der Waals surface area contributed by atoms with Gasteiger partial charge in [0.25, 0.3) is 0 Å². The molecule has 1 aromatic rings. The van der Waals surface area contributed by atoms with Crippen molar-refractivity contribution in [3.8, 4) is 0 Å². The number of rotatable bonds is 2. The molecule has 1 nitrogen and oxygen atoms in total. The van der Waals surface area contributed by atoms with Crippen LogP contribution in [0.15, 0.2) is 12.1 Å². The van der Waals surface area contributed by atoms with Crippen LogP contribution in [0.2, 0.25) is 0 Å². The van der Waals surface area contributed by atoms with Crippen molar-refractivity contribution in [2.45, 2.75) is 76.2 Å². The Morgan fingerprint density at radius 2 is 1.15 bits per heavy atom. The molecule has 3 saturated carbocycles. The van der Waals surface area contributed by atoms with Gasteiger partial charge in [-0.3, -0.25) is 0 Å². The second-order valence-corrected chi connectivity index (χ2v) is 8.97. The highest BCUT2D eigenvalue weighted by atomic mass is 19.2. The van der Waals surface area contributed by atoms with Gasteiger partial charge in [0.05, 0.1) is 6.10 Å². The summed E-state index contributed by atoms with van der Waals surface area (Å²) < 4.78 is 40.4. The lowest BCUT2D eigenvalue weighted by Crippen LogP contribution is -2.34. The first-order valence-electron chi connectivity index (χ1n) is 10.3. The lowest BCUT2D eigenvalue weighted by molar-refractivity contribution is 0.0479. The van der Waals surface area contributed by atoms with Gasteiger partial charge in [0.15, 0.2) is 17.5 Å². The molecule has 0 aliphatic heterocycles. The van der Waals surface area contributed by atoms with Crippen LogP contribution < -0.4 is 0 Å². The molecule has 0 amide bonds. The third kappa shape index (κ3) is 3.67. The number of hydrogen-bond acceptors (Lipinski definition) is 1. The fourth-order valence-electron chi connectivity index (χ4n) is 6.04. The number of aliphatic hydroxyl groups excluding tert-OH is 1. The maximum Gasteiger partial charge on any atom is 0.194 e. The molecule has 4 heteroatoms. The van der Waals surface area contributed by atoms with Crippen LogP contribution in [0.5, 0.6) is 0 Å². The molecule has 144 valence electrons. The predicted octanol–water partition coefficient (Wildman–Crippen LogP) is 5.96. The molecule has 3 aliphatic rings. The van der Waals surface area contributed by atoms with Crippen molar-refractivity contribution in [2.75, 3.05) is 0 Å². The zero-order valence-corrected chi connectivity index (χ0v) is 15.3. The normalized spacial score (nSPS) is 38.0. The minimum absolute atomic E-state index is 0.0884. The Balaban J connectivity index is 1.38. The van der Waals surface area contributed by atoms with Crippen LogP contribution in [0.1, 0.15) is 75.7 Å². The van der Waals surface area contributed by atoms with Gasteiger partial charge < -0.3 is 5.11 Å². The highest BCUT2D eigenvalue weighted by Crippen LogP contribution is 2.50. The molecule has 1 N–H and O–H groups in total. The van der Waals surface area contributed by atoms with Crippen molar-refractivity contribution in [3.63, 3.8) is 0 Å². The van der Waals surface area contributed by atoms with Gasteiger partial charge in [-0.1, -0.05) is 0 Å². The minimum atomic E-state index is -1.36. The van der Waals surface area contributed by atoms with E-state index < -0.39 is 17.5 Å². The van der Waals surface area contributed by atoms with Gasteiger partial charge in [0.1, 0.15) is 0 Å². The Morgan fingerprint density at radius 1 is 0.654 bits per heavy atom. The summed E-state index contributed by atoms with van der Waals surface area (Å²) in [6.45, 7) is 0. The van der Waals surface area contributed by atoms with Gasteiger partial charge in [-0.2, -0.15) is 0 Å². The van der Waals surface area contributed by atoms with Crippen LogP contribution in [-0.2, 0) is 0 Å². The second-order valence-electron chi connectivity index (χ2n) is 8.97. The molecule has 1 aromatic carbocycles. The molecule has 4 rings (SSSR count). The van der Waals surface area contributed by atoms with Crippen molar-refractivity contribution < 1.29 is 18.3 Å². The Kier molecular flexibility index (Phi) is 5.31. The van der Waals surface area contributed by atoms with E-state index in [1.54, 1.807) is 0 Å². The molecular weight excluding hydrogens is 337 g/mol. The van der Waals surface area contributed by atoms with Gasteiger partial charge in [-0.25, -0.2) is 13.2 Å². The molecule has 4 unspecified atom stereocenters. The molecular formula is C22H29F3O. The average Bonchev–Trinajstić information content (AvgIpc) is 2.65. The van der Waals surface area contributed by atoms with Crippen LogP contribution in [0.3, 0.4) is 0 Å². The summed E-state index contributed by atoms with van der Waals surface area (Å²) in [6, 6.07) is 2.39. The molecule has 3 aliphatic carbocycles. The molecule has 0 bridgehead atoms. The fourth-order valence-corrected chi connectivity index (χ4v) is 6.04. The van der Waals surface area contributed by atoms with Gasteiger partial charge in [0.2, 0.25) is 0 Å². The number of halogens is 3. The summed E-state index contributed by atoms with van der Waals surface area (Å²) in [7, 11) is 0. The Morgan fingerprint density at radius 3 is 1.81 bits per heavy atom. The molecule has 0 aromatic heterocycles. The minimum Gasteiger partial charge on any atom is -0.393 e. The molecule has 0 saturated heterocycles. The van der Waals surface area contributed by atoms with E-state index in [0.717, 1.165) is 49.9 Å². The van der Waals surface area contributed by atoms with Crippen molar-refractivity contribution in [1.29, 1.82) is 0 Å². The number of benzene rings is 1. The second kappa shape index (κ2) is 7.53. The fraction of sp³-hybridized carbons (Fsp3) is 0.727. The summed E-state index contributed by atoms with van der Waals surface area (Å²) in [5.41, 5.74) is 0.628. The Labute approximate surface area is 154 Å². The van der Waals surface area contributed by atoms with Crippen molar-refractivity contribution in [2.24, 2.45) is 23.7 Å². The summed E-state index contributed by atoms with van der Waals surface area (Å²) in [4.78, 5) is 0. The van der Waals surface area contributed by atoms with E-state index in [1.807, 2.05) is 0 Å². The van der Waals surface area contributed by atoms with Crippen LogP contribution in [0, 0.1) is 41.1 Å². The van der Waals surface area contributed by atoms with E-state index in [2.05, 4.69) is 0 Å². The molecule has 0 radical (unpaired) electrons. The van der Waals surface area contributed by atoms with E-state index in [1.165, 1.54) is 44.2 Å². The third-order valence-electron chi connectivity index (χ3n) is 7.54. The van der Waals surface area contributed by atoms with Crippen LogP contribution in [0.4, 0.5) is 13.2 Å². The molecule has 4 atom stereocenters.